The quantitative estimate of drug-likeness (QED) is 0.194. The van der Waals surface area contributed by atoms with Gasteiger partial charge in [-0.25, -0.2) is 4.39 Å². The molecule has 14 heteroatoms. The van der Waals surface area contributed by atoms with E-state index in [0.29, 0.717) is 41.7 Å². The molecule has 3 aromatic rings. The average Bonchev–Trinajstić information content (AvgIpc) is 3.04. The highest BCUT2D eigenvalue weighted by Crippen LogP contribution is 2.36. The molecule has 244 valence electrons. The summed E-state index contributed by atoms with van der Waals surface area (Å²) in [7, 11) is 1.59. The number of methoxy groups -OCH3 is 1. The van der Waals surface area contributed by atoms with E-state index >= 15 is 4.39 Å². The summed E-state index contributed by atoms with van der Waals surface area (Å²) in [5, 5.41) is 7.34. The van der Waals surface area contributed by atoms with E-state index in [4.69, 9.17) is 25.8 Å². The maximum absolute atomic E-state index is 15.1. The number of carbonyl (C=O) groups excluding carboxylic acids is 2. The molecule has 46 heavy (non-hydrogen) atoms. The second kappa shape index (κ2) is 14.5. The zero-order chi connectivity index (χ0) is 32.8. The lowest BCUT2D eigenvalue weighted by Gasteiger charge is -2.28. The Morgan fingerprint density at radius 2 is 1.85 bits per heavy atom. The number of hydrogen-bond donors (Lipinski definition) is 3. The van der Waals surface area contributed by atoms with Crippen LogP contribution in [0.15, 0.2) is 54.4 Å². The Hall–Kier alpha value is -4.20. The van der Waals surface area contributed by atoms with Crippen LogP contribution in [0.4, 0.5) is 23.2 Å². The molecule has 1 aromatic heterocycles. The van der Waals surface area contributed by atoms with Gasteiger partial charge >= 0.3 is 18.0 Å². The van der Waals surface area contributed by atoms with Crippen molar-refractivity contribution in [3.63, 3.8) is 0 Å². The second-order valence-corrected chi connectivity index (χ2v) is 11.3. The van der Waals surface area contributed by atoms with E-state index in [1.165, 1.54) is 18.2 Å². The number of fused-ring (bicyclic) bond motifs is 1. The number of amides is 2. The van der Waals surface area contributed by atoms with Gasteiger partial charge in [-0.05, 0) is 67.7 Å². The number of carbonyl (C=O) groups is 2. The molecule has 0 spiro atoms. The highest BCUT2D eigenvalue weighted by atomic mass is 35.5. The van der Waals surface area contributed by atoms with Crippen molar-refractivity contribution in [2.24, 2.45) is 5.92 Å². The third-order valence-electron chi connectivity index (χ3n) is 7.67. The van der Waals surface area contributed by atoms with Crippen LogP contribution >= 0.6 is 11.6 Å². The van der Waals surface area contributed by atoms with Crippen LogP contribution in [0.2, 0.25) is 5.02 Å². The molecule has 2 aliphatic rings. The molecule has 1 unspecified atom stereocenters. The van der Waals surface area contributed by atoms with Crippen molar-refractivity contribution >= 4 is 35.2 Å². The van der Waals surface area contributed by atoms with Gasteiger partial charge in [-0.15, -0.1) is 0 Å². The van der Waals surface area contributed by atoms with Crippen LogP contribution in [0.1, 0.15) is 35.2 Å². The number of alkyl halides is 3. The fraction of sp³-hybridized carbons (Fsp3) is 0.344. The van der Waals surface area contributed by atoms with E-state index in [0.717, 1.165) is 44.1 Å². The van der Waals surface area contributed by atoms with Gasteiger partial charge < -0.3 is 30.2 Å². The maximum Gasteiger partial charge on any atom is 0.417 e. The number of nitrogens with zero attached hydrogens (tertiary/aromatic N) is 1. The van der Waals surface area contributed by atoms with E-state index in [1.807, 2.05) is 6.08 Å². The minimum absolute atomic E-state index is 0.0366. The first-order valence-corrected chi connectivity index (χ1v) is 14.9. The third kappa shape index (κ3) is 8.14. The molecule has 2 heterocycles. The second-order valence-electron chi connectivity index (χ2n) is 10.8. The van der Waals surface area contributed by atoms with Crippen molar-refractivity contribution in [2.75, 3.05) is 32.1 Å². The highest BCUT2D eigenvalue weighted by molar-refractivity contribution is 6.39. The average molecular weight is 663 g/mol. The van der Waals surface area contributed by atoms with Gasteiger partial charge in [0.05, 0.1) is 22.9 Å². The summed E-state index contributed by atoms with van der Waals surface area (Å²) in [6, 6.07) is 8.35. The minimum atomic E-state index is -4.68. The van der Waals surface area contributed by atoms with Gasteiger partial charge in [0.1, 0.15) is 17.6 Å². The molecule has 1 atom stereocenters. The summed E-state index contributed by atoms with van der Waals surface area (Å²) in [6.45, 7) is 2.15. The predicted octanol–water partition coefficient (Wildman–Crippen LogP) is 5.87. The molecule has 1 aliphatic heterocycles. The number of piperidine rings is 1. The zero-order valence-corrected chi connectivity index (χ0v) is 25.4. The van der Waals surface area contributed by atoms with Gasteiger partial charge in [0.25, 0.3) is 0 Å². The van der Waals surface area contributed by atoms with Crippen LogP contribution in [0.3, 0.4) is 0 Å². The first-order chi connectivity index (χ1) is 22.0. The molecular formula is C32H31ClF4N4O5. The van der Waals surface area contributed by atoms with Crippen LogP contribution in [-0.4, -0.2) is 49.7 Å². The number of nitrogens with one attached hydrogen (secondary N) is 3. The Balaban J connectivity index is 1.20. The fourth-order valence-corrected chi connectivity index (χ4v) is 5.38. The molecule has 0 bridgehead atoms. The number of aromatic nitrogens is 1. The van der Waals surface area contributed by atoms with E-state index in [9.17, 15) is 22.8 Å². The Bertz CT molecular complexity index is 1630. The van der Waals surface area contributed by atoms with Crippen LogP contribution in [0.25, 0.3) is 6.08 Å². The first kappa shape index (κ1) is 33.2. The summed E-state index contributed by atoms with van der Waals surface area (Å²) >= 11 is 5.61. The summed E-state index contributed by atoms with van der Waals surface area (Å²) in [5.74, 6) is -1.72. The van der Waals surface area contributed by atoms with Crippen molar-refractivity contribution in [3.05, 3.63) is 87.6 Å². The lowest BCUT2D eigenvalue weighted by Crippen LogP contribution is -2.35. The van der Waals surface area contributed by atoms with E-state index < -0.39 is 34.4 Å². The monoisotopic (exact) mass is 662 g/mol. The van der Waals surface area contributed by atoms with Gasteiger partial charge in [-0.2, -0.15) is 13.2 Å². The Labute approximate surface area is 267 Å². The van der Waals surface area contributed by atoms with Crippen molar-refractivity contribution in [2.45, 2.75) is 38.1 Å². The number of ether oxygens (including phenoxy) is 3. The molecule has 9 nitrogen and oxygen atoms in total. The van der Waals surface area contributed by atoms with E-state index in [2.05, 4.69) is 20.9 Å². The largest absolute Gasteiger partial charge is 0.495 e. The molecule has 3 N–H and O–H groups in total. The summed E-state index contributed by atoms with van der Waals surface area (Å²) in [5.41, 5.74) is 0.310. The molecule has 1 saturated heterocycles. The minimum Gasteiger partial charge on any atom is -0.495 e. The molecule has 1 fully saturated rings. The summed E-state index contributed by atoms with van der Waals surface area (Å²) < 4.78 is 72.1. The molecule has 0 radical (unpaired) electrons. The standard InChI is InChI=1S/C32H31ClF4N4O5/c1-44-28-14-21-25(15-29(28)45-17-18-6-9-38-10-7-18)39-11-8-26(21)46-27-5-3-20(13-24(27)34)41-31(43)30(42)40-16-19-2-4-23(33)22(12-19)32(35,36)37/h2-5,8,11-13,15,18,28,38H,6-7,9-10,14,16-17H2,1H3,(H,40,42)(H,41,43). The van der Waals surface area contributed by atoms with Gasteiger partial charge in [-0.1, -0.05) is 17.7 Å². The molecule has 2 aromatic carbocycles. The van der Waals surface area contributed by atoms with Gasteiger partial charge in [0.2, 0.25) is 0 Å². The lowest BCUT2D eigenvalue weighted by molar-refractivity contribution is -0.137. The summed E-state index contributed by atoms with van der Waals surface area (Å²) in [6.07, 6.45) is 0.770. The van der Waals surface area contributed by atoms with E-state index in [-0.39, 0.29) is 29.6 Å². The van der Waals surface area contributed by atoms with Crippen LogP contribution in [-0.2, 0) is 38.2 Å². The number of rotatable bonds is 9. The lowest BCUT2D eigenvalue weighted by atomic mass is 9.96. The van der Waals surface area contributed by atoms with Crippen LogP contribution < -0.4 is 20.7 Å². The number of halogens is 5. The number of hydrogen-bond acceptors (Lipinski definition) is 7. The maximum atomic E-state index is 15.1. The van der Waals surface area contributed by atoms with Crippen molar-refractivity contribution in [1.82, 2.24) is 15.6 Å². The van der Waals surface area contributed by atoms with Crippen molar-refractivity contribution in [3.8, 4) is 11.5 Å². The number of anilines is 1. The highest BCUT2D eigenvalue weighted by Gasteiger charge is 2.33. The van der Waals surface area contributed by atoms with Crippen molar-refractivity contribution in [1.29, 1.82) is 0 Å². The molecular weight excluding hydrogens is 632 g/mol. The molecule has 5 rings (SSSR count). The smallest absolute Gasteiger partial charge is 0.417 e. The Morgan fingerprint density at radius 3 is 2.57 bits per heavy atom. The number of benzene rings is 2. The van der Waals surface area contributed by atoms with Gasteiger partial charge in [-0.3, -0.25) is 14.6 Å². The SMILES string of the molecule is COC1Cc2c(Oc3ccc(NC(=O)C(=O)NCc4ccc(Cl)c(C(F)(F)F)c4)cc3F)ccnc2C=C1OCC1CCNCC1. The third-order valence-corrected chi connectivity index (χ3v) is 8.00. The topological polar surface area (TPSA) is 111 Å². The van der Waals surface area contributed by atoms with Crippen molar-refractivity contribution < 1.29 is 41.4 Å². The van der Waals surface area contributed by atoms with Gasteiger partial charge in [0, 0.05) is 49.7 Å². The molecule has 2 amide bonds. The fourth-order valence-electron chi connectivity index (χ4n) is 5.16. The Kier molecular flexibility index (Phi) is 10.4. The predicted molar refractivity (Wildman–Crippen MR) is 162 cm³/mol. The molecule has 1 aliphatic carbocycles. The van der Waals surface area contributed by atoms with Gasteiger partial charge in [0.15, 0.2) is 11.6 Å². The number of pyridine rings is 1. The summed E-state index contributed by atoms with van der Waals surface area (Å²) in [4.78, 5) is 29.1. The van der Waals surface area contributed by atoms with E-state index in [1.54, 1.807) is 19.4 Å². The first-order valence-electron chi connectivity index (χ1n) is 14.5. The van der Waals surface area contributed by atoms with Crippen LogP contribution in [0.5, 0.6) is 11.5 Å². The molecule has 0 saturated carbocycles. The van der Waals surface area contributed by atoms with Crippen LogP contribution in [0, 0.1) is 11.7 Å². The Morgan fingerprint density at radius 1 is 1.07 bits per heavy atom. The normalized spacial score (nSPS) is 16.7. The zero-order valence-electron chi connectivity index (χ0n) is 24.7.